The maximum atomic E-state index is 12.8. The fourth-order valence-corrected chi connectivity index (χ4v) is 2.15. The predicted octanol–water partition coefficient (Wildman–Crippen LogP) is 3.97. The van der Waals surface area contributed by atoms with Crippen LogP contribution in [0, 0.1) is 19.7 Å². The van der Waals surface area contributed by atoms with Gasteiger partial charge in [0.05, 0.1) is 0 Å². The summed E-state index contributed by atoms with van der Waals surface area (Å²) in [4.78, 5) is 11.8. The number of nitrogens with one attached hydrogen (secondary N) is 2. The van der Waals surface area contributed by atoms with Gasteiger partial charge in [0, 0.05) is 11.8 Å². The molecule has 0 atom stereocenters. The number of amides is 1. The first-order chi connectivity index (χ1) is 11.0. The topological polar surface area (TPSA) is 41.1 Å². The van der Waals surface area contributed by atoms with Crippen LogP contribution in [0.15, 0.2) is 48.5 Å². The summed E-state index contributed by atoms with van der Waals surface area (Å²) in [5.74, 6) is -0.664. The number of hydrogen-bond donors (Lipinski definition) is 2. The third-order valence-corrected chi connectivity index (χ3v) is 3.59. The van der Waals surface area contributed by atoms with Gasteiger partial charge < -0.3 is 5.32 Å². The fraction of sp³-hybridized carbons (Fsp3) is 0.111. The Labute approximate surface area is 140 Å². The van der Waals surface area contributed by atoms with E-state index in [-0.39, 0.29) is 16.8 Å². The Morgan fingerprint density at radius 3 is 2.52 bits per heavy atom. The Kier molecular flexibility index (Phi) is 5.60. The molecule has 0 aliphatic rings. The van der Waals surface area contributed by atoms with Crippen LogP contribution in [0.2, 0.25) is 0 Å². The molecule has 0 spiro atoms. The highest BCUT2D eigenvalue weighted by atomic mass is 32.1. The summed E-state index contributed by atoms with van der Waals surface area (Å²) < 4.78 is 12.8. The molecule has 3 nitrogen and oxygen atoms in total. The van der Waals surface area contributed by atoms with Crippen LogP contribution in [0.5, 0.6) is 0 Å². The Balaban J connectivity index is 1.93. The van der Waals surface area contributed by atoms with Gasteiger partial charge in [-0.25, -0.2) is 4.39 Å². The highest BCUT2D eigenvalue weighted by Gasteiger charge is 2.05. The molecule has 118 valence electrons. The summed E-state index contributed by atoms with van der Waals surface area (Å²) in [6.45, 7) is 3.99. The molecule has 2 N–H and O–H groups in total. The van der Waals surface area contributed by atoms with E-state index < -0.39 is 0 Å². The second-order valence-corrected chi connectivity index (χ2v) is 5.48. The van der Waals surface area contributed by atoms with Crippen molar-refractivity contribution in [3.63, 3.8) is 0 Å². The number of rotatable bonds is 3. The summed E-state index contributed by atoms with van der Waals surface area (Å²) >= 11 is 5.14. The Hall–Kier alpha value is -2.53. The zero-order valence-electron chi connectivity index (χ0n) is 12.9. The van der Waals surface area contributed by atoms with Crippen molar-refractivity contribution >= 4 is 35.0 Å². The molecule has 0 aromatic heterocycles. The highest BCUT2D eigenvalue weighted by Crippen LogP contribution is 2.17. The second kappa shape index (κ2) is 7.65. The van der Waals surface area contributed by atoms with Gasteiger partial charge in [0.2, 0.25) is 5.91 Å². The molecule has 2 rings (SSSR count). The van der Waals surface area contributed by atoms with Crippen molar-refractivity contribution in [3.8, 4) is 0 Å². The molecule has 0 aliphatic carbocycles. The molecule has 0 radical (unpaired) electrons. The van der Waals surface area contributed by atoms with Crippen molar-refractivity contribution in [2.75, 3.05) is 5.32 Å². The molecule has 0 saturated heterocycles. The summed E-state index contributed by atoms with van der Waals surface area (Å²) in [6, 6.07) is 11.7. The van der Waals surface area contributed by atoms with Crippen LogP contribution in [0.25, 0.3) is 6.08 Å². The third kappa shape index (κ3) is 5.00. The van der Waals surface area contributed by atoms with Gasteiger partial charge in [0.25, 0.3) is 0 Å². The van der Waals surface area contributed by atoms with Crippen molar-refractivity contribution in [2.45, 2.75) is 13.8 Å². The first-order valence-electron chi connectivity index (χ1n) is 7.07. The van der Waals surface area contributed by atoms with E-state index in [1.165, 1.54) is 18.2 Å². The molecule has 1 amide bonds. The predicted molar refractivity (Wildman–Crippen MR) is 95.7 cm³/mol. The van der Waals surface area contributed by atoms with Crippen LogP contribution in [0.3, 0.4) is 0 Å². The highest BCUT2D eigenvalue weighted by molar-refractivity contribution is 7.80. The Morgan fingerprint density at radius 2 is 1.83 bits per heavy atom. The molecule has 0 fully saturated rings. The van der Waals surface area contributed by atoms with Gasteiger partial charge in [-0.3, -0.25) is 10.1 Å². The average molecular weight is 328 g/mol. The summed E-state index contributed by atoms with van der Waals surface area (Å²) in [7, 11) is 0. The summed E-state index contributed by atoms with van der Waals surface area (Å²) in [5, 5.41) is 5.81. The number of carbonyl (C=O) groups is 1. The van der Waals surface area contributed by atoms with E-state index in [9.17, 15) is 9.18 Å². The molecule has 5 heteroatoms. The molecule has 0 unspecified atom stereocenters. The van der Waals surface area contributed by atoms with Gasteiger partial charge >= 0.3 is 0 Å². The van der Waals surface area contributed by atoms with E-state index in [4.69, 9.17) is 12.2 Å². The molecule has 0 bridgehead atoms. The van der Waals surface area contributed by atoms with Crippen LogP contribution in [-0.4, -0.2) is 11.0 Å². The van der Waals surface area contributed by atoms with E-state index in [0.717, 1.165) is 22.4 Å². The molecular formula is C18H17FN2OS. The van der Waals surface area contributed by atoms with Crippen LogP contribution in [0.4, 0.5) is 10.1 Å². The van der Waals surface area contributed by atoms with E-state index in [2.05, 4.69) is 10.6 Å². The van der Waals surface area contributed by atoms with Crippen LogP contribution < -0.4 is 10.6 Å². The minimum atomic E-state index is -0.350. The number of aryl methyl sites for hydroxylation is 1. The average Bonchev–Trinajstić information content (AvgIpc) is 2.51. The lowest BCUT2D eigenvalue weighted by atomic mass is 10.1. The van der Waals surface area contributed by atoms with Crippen molar-refractivity contribution in [1.82, 2.24) is 5.32 Å². The standard InChI is InChI=1S/C18H17FN2OS/c1-12-4-3-5-16(13(12)2)20-18(23)21-17(22)11-8-14-6-9-15(19)10-7-14/h3-11H,1-2H3,(H2,20,21,22,23)/b11-8+. The SMILES string of the molecule is Cc1cccc(NC(=S)NC(=O)/C=C/c2ccc(F)cc2)c1C. The number of thiocarbonyl (C=S) groups is 1. The van der Waals surface area contributed by atoms with Gasteiger partial charge in [0.15, 0.2) is 5.11 Å². The first kappa shape index (κ1) is 16.8. The molecule has 23 heavy (non-hydrogen) atoms. The van der Waals surface area contributed by atoms with Gasteiger partial charge in [-0.05, 0) is 67.0 Å². The minimum Gasteiger partial charge on any atom is -0.332 e. The van der Waals surface area contributed by atoms with Crippen LogP contribution in [-0.2, 0) is 4.79 Å². The molecule has 0 saturated carbocycles. The lowest BCUT2D eigenvalue weighted by molar-refractivity contribution is -0.115. The maximum Gasteiger partial charge on any atom is 0.250 e. The largest absolute Gasteiger partial charge is 0.332 e. The second-order valence-electron chi connectivity index (χ2n) is 5.08. The van der Waals surface area contributed by atoms with Crippen LogP contribution >= 0.6 is 12.2 Å². The minimum absolute atomic E-state index is 0.229. The number of carbonyl (C=O) groups excluding carboxylic acids is 1. The maximum absolute atomic E-state index is 12.8. The zero-order chi connectivity index (χ0) is 16.8. The van der Waals surface area contributed by atoms with Gasteiger partial charge in [0.1, 0.15) is 5.82 Å². The lowest BCUT2D eigenvalue weighted by Gasteiger charge is -2.12. The Bertz CT molecular complexity index is 754. The third-order valence-electron chi connectivity index (χ3n) is 3.39. The molecule has 2 aromatic rings. The number of benzene rings is 2. The lowest BCUT2D eigenvalue weighted by Crippen LogP contribution is -2.33. The van der Waals surface area contributed by atoms with E-state index >= 15 is 0 Å². The van der Waals surface area contributed by atoms with E-state index in [0.29, 0.717) is 0 Å². The smallest absolute Gasteiger partial charge is 0.250 e. The van der Waals surface area contributed by atoms with Gasteiger partial charge in [-0.2, -0.15) is 0 Å². The number of halogens is 1. The number of hydrogen-bond acceptors (Lipinski definition) is 2. The summed E-state index contributed by atoms with van der Waals surface area (Å²) in [6.07, 6.45) is 2.94. The van der Waals surface area contributed by atoms with Crippen LogP contribution in [0.1, 0.15) is 16.7 Å². The van der Waals surface area contributed by atoms with Crippen molar-refractivity contribution in [1.29, 1.82) is 0 Å². The normalized spacial score (nSPS) is 10.6. The van der Waals surface area contributed by atoms with Crippen molar-refractivity contribution in [2.24, 2.45) is 0 Å². The van der Waals surface area contributed by atoms with Gasteiger partial charge in [-0.15, -0.1) is 0 Å². The zero-order valence-corrected chi connectivity index (χ0v) is 13.7. The quantitative estimate of drug-likeness (QED) is 0.662. The fourth-order valence-electron chi connectivity index (χ4n) is 1.94. The Morgan fingerprint density at radius 1 is 1.13 bits per heavy atom. The number of anilines is 1. The molecule has 0 aliphatic heterocycles. The monoisotopic (exact) mass is 328 g/mol. The molecule has 0 heterocycles. The first-order valence-corrected chi connectivity index (χ1v) is 7.48. The van der Waals surface area contributed by atoms with E-state index in [1.807, 2.05) is 32.0 Å². The van der Waals surface area contributed by atoms with Crippen molar-refractivity contribution in [3.05, 3.63) is 71.0 Å². The van der Waals surface area contributed by atoms with Crippen molar-refractivity contribution < 1.29 is 9.18 Å². The molecular weight excluding hydrogens is 311 g/mol. The summed E-state index contributed by atoms with van der Waals surface area (Å²) in [5.41, 5.74) is 3.80. The van der Waals surface area contributed by atoms with E-state index in [1.54, 1.807) is 18.2 Å². The molecule has 2 aromatic carbocycles. The van der Waals surface area contributed by atoms with Gasteiger partial charge in [-0.1, -0.05) is 24.3 Å².